The van der Waals surface area contributed by atoms with Gasteiger partial charge in [-0.1, -0.05) is 42.4 Å². The summed E-state index contributed by atoms with van der Waals surface area (Å²) in [5.41, 5.74) is 3.11. The van der Waals surface area contributed by atoms with Crippen molar-refractivity contribution in [3.05, 3.63) is 47.9 Å². The van der Waals surface area contributed by atoms with Gasteiger partial charge in [0.05, 0.1) is 11.4 Å². The molecule has 1 heterocycles. The Balaban J connectivity index is 2.51. The topological polar surface area (TPSA) is 58.4 Å². The van der Waals surface area contributed by atoms with Crippen LogP contribution in [0.1, 0.15) is 24.9 Å². The quantitative estimate of drug-likeness (QED) is 0.510. The number of benzene rings is 1. The van der Waals surface area contributed by atoms with Gasteiger partial charge in [-0.2, -0.15) is 0 Å². The predicted octanol–water partition coefficient (Wildman–Crippen LogP) is 3.04. The summed E-state index contributed by atoms with van der Waals surface area (Å²) in [7, 11) is 0. The lowest BCUT2D eigenvalue weighted by atomic mass is 10.1. The van der Waals surface area contributed by atoms with Crippen molar-refractivity contribution in [3.63, 3.8) is 0 Å². The molecule has 0 aliphatic heterocycles. The molecule has 0 unspecified atom stereocenters. The Labute approximate surface area is 106 Å². The summed E-state index contributed by atoms with van der Waals surface area (Å²) in [6.45, 7) is 3.76. The summed E-state index contributed by atoms with van der Waals surface area (Å²) >= 11 is 0. The molecule has 0 bridgehead atoms. The van der Waals surface area contributed by atoms with Gasteiger partial charge in [0.1, 0.15) is 11.5 Å². The lowest BCUT2D eigenvalue weighted by Crippen LogP contribution is -2.05. The highest BCUT2D eigenvalue weighted by Crippen LogP contribution is 2.18. The summed E-state index contributed by atoms with van der Waals surface area (Å²) in [5.74, 6) is 0.668. The maximum Gasteiger partial charge on any atom is 0.126 e. The van der Waals surface area contributed by atoms with Crippen molar-refractivity contribution >= 4 is 5.71 Å². The molecule has 92 valence electrons. The molecule has 0 aliphatic rings. The molecule has 4 heteroatoms. The van der Waals surface area contributed by atoms with Crippen molar-refractivity contribution < 1.29 is 5.21 Å². The van der Waals surface area contributed by atoms with E-state index >= 15 is 0 Å². The highest BCUT2D eigenvalue weighted by atomic mass is 16.4. The number of rotatable bonds is 3. The number of nitrogens with zero attached hydrogens (tertiary/aromatic N) is 3. The summed E-state index contributed by atoms with van der Waals surface area (Å²) in [6, 6.07) is 11.7. The van der Waals surface area contributed by atoms with Crippen LogP contribution < -0.4 is 0 Å². The van der Waals surface area contributed by atoms with Gasteiger partial charge in [0.25, 0.3) is 0 Å². The lowest BCUT2D eigenvalue weighted by Gasteiger charge is -2.06. The van der Waals surface area contributed by atoms with Crippen molar-refractivity contribution in [2.45, 2.75) is 20.3 Å². The van der Waals surface area contributed by atoms with Crippen LogP contribution in [0.25, 0.3) is 11.3 Å². The monoisotopic (exact) mass is 241 g/mol. The van der Waals surface area contributed by atoms with Crippen molar-refractivity contribution in [2.75, 3.05) is 0 Å². The maximum absolute atomic E-state index is 8.96. The van der Waals surface area contributed by atoms with Crippen molar-refractivity contribution in [1.29, 1.82) is 0 Å². The first-order chi connectivity index (χ1) is 8.74. The summed E-state index contributed by atoms with van der Waals surface area (Å²) in [6.07, 6.45) is 0.626. The van der Waals surface area contributed by atoms with Crippen LogP contribution in [0, 0.1) is 6.92 Å². The van der Waals surface area contributed by atoms with Gasteiger partial charge in [-0.05, 0) is 19.4 Å². The number of oxime groups is 1. The smallest absolute Gasteiger partial charge is 0.126 e. The van der Waals surface area contributed by atoms with Crippen LogP contribution in [-0.4, -0.2) is 20.9 Å². The first-order valence-electron chi connectivity index (χ1n) is 5.87. The fraction of sp³-hybridized carbons (Fsp3) is 0.214. The third-order valence-electron chi connectivity index (χ3n) is 2.66. The van der Waals surface area contributed by atoms with Crippen LogP contribution in [0.2, 0.25) is 0 Å². The van der Waals surface area contributed by atoms with E-state index in [1.54, 1.807) is 0 Å². The second kappa shape index (κ2) is 5.40. The number of hydrogen-bond acceptors (Lipinski definition) is 4. The summed E-state index contributed by atoms with van der Waals surface area (Å²) < 4.78 is 0. The van der Waals surface area contributed by atoms with E-state index in [1.165, 1.54) is 0 Å². The number of aryl methyl sites for hydroxylation is 1. The van der Waals surface area contributed by atoms with Gasteiger partial charge in [-0.15, -0.1) is 0 Å². The SMILES string of the molecule is CC/C(=N\O)c1cc(-c2ccccc2)nc(C)n1. The van der Waals surface area contributed by atoms with E-state index in [0.29, 0.717) is 23.7 Å². The molecule has 4 nitrogen and oxygen atoms in total. The van der Waals surface area contributed by atoms with Crippen molar-refractivity contribution in [2.24, 2.45) is 5.16 Å². The lowest BCUT2D eigenvalue weighted by molar-refractivity contribution is 0.318. The normalized spacial score (nSPS) is 11.6. The molecule has 0 atom stereocenters. The molecule has 0 saturated heterocycles. The van der Waals surface area contributed by atoms with E-state index in [2.05, 4.69) is 15.1 Å². The van der Waals surface area contributed by atoms with Crippen LogP contribution in [0.5, 0.6) is 0 Å². The zero-order valence-corrected chi connectivity index (χ0v) is 10.5. The first-order valence-corrected chi connectivity index (χ1v) is 5.87. The molecular weight excluding hydrogens is 226 g/mol. The van der Waals surface area contributed by atoms with Gasteiger partial charge in [-0.25, -0.2) is 9.97 Å². The third-order valence-corrected chi connectivity index (χ3v) is 2.66. The molecule has 0 aliphatic carbocycles. The Hall–Kier alpha value is -2.23. The Morgan fingerprint density at radius 1 is 1.22 bits per heavy atom. The minimum Gasteiger partial charge on any atom is -0.411 e. The molecule has 0 fully saturated rings. The largest absolute Gasteiger partial charge is 0.411 e. The van der Waals surface area contributed by atoms with Crippen LogP contribution >= 0.6 is 0 Å². The van der Waals surface area contributed by atoms with E-state index in [1.807, 2.05) is 50.2 Å². The summed E-state index contributed by atoms with van der Waals surface area (Å²) in [4.78, 5) is 8.71. The average molecular weight is 241 g/mol. The minimum absolute atomic E-state index is 0.567. The molecule has 1 N–H and O–H groups in total. The van der Waals surface area contributed by atoms with E-state index in [0.717, 1.165) is 11.3 Å². The van der Waals surface area contributed by atoms with Gasteiger partial charge in [0.2, 0.25) is 0 Å². The highest BCUT2D eigenvalue weighted by molar-refractivity contribution is 5.98. The van der Waals surface area contributed by atoms with Crippen molar-refractivity contribution in [3.8, 4) is 11.3 Å². The maximum atomic E-state index is 8.96. The molecule has 18 heavy (non-hydrogen) atoms. The van der Waals surface area contributed by atoms with Crippen LogP contribution in [0.3, 0.4) is 0 Å². The minimum atomic E-state index is 0.567. The summed E-state index contributed by atoms with van der Waals surface area (Å²) in [5, 5.41) is 12.2. The molecule has 1 aromatic carbocycles. The molecule has 2 rings (SSSR count). The zero-order valence-electron chi connectivity index (χ0n) is 10.5. The molecule has 0 spiro atoms. The highest BCUT2D eigenvalue weighted by Gasteiger charge is 2.08. The molecular formula is C14H15N3O. The molecule has 1 aromatic heterocycles. The third kappa shape index (κ3) is 2.53. The number of hydrogen-bond donors (Lipinski definition) is 1. The Bertz CT molecular complexity index is 565. The molecule has 0 radical (unpaired) electrons. The van der Waals surface area contributed by atoms with Gasteiger partial charge < -0.3 is 5.21 Å². The Morgan fingerprint density at radius 3 is 2.56 bits per heavy atom. The predicted molar refractivity (Wildman–Crippen MR) is 70.8 cm³/mol. The average Bonchev–Trinajstić information content (AvgIpc) is 2.40. The van der Waals surface area contributed by atoms with Crippen LogP contribution in [0.15, 0.2) is 41.6 Å². The zero-order chi connectivity index (χ0) is 13.0. The van der Waals surface area contributed by atoms with Crippen LogP contribution in [0.4, 0.5) is 0 Å². The fourth-order valence-electron chi connectivity index (χ4n) is 1.78. The fourth-order valence-corrected chi connectivity index (χ4v) is 1.78. The first kappa shape index (κ1) is 12.2. The molecule has 0 saturated carbocycles. The molecule has 2 aromatic rings. The number of aromatic nitrogens is 2. The van der Waals surface area contributed by atoms with Gasteiger partial charge in [0.15, 0.2) is 0 Å². The second-order valence-corrected chi connectivity index (χ2v) is 3.95. The van der Waals surface area contributed by atoms with Gasteiger partial charge in [-0.3, -0.25) is 0 Å². The van der Waals surface area contributed by atoms with Gasteiger partial charge >= 0.3 is 0 Å². The second-order valence-electron chi connectivity index (χ2n) is 3.95. The Kier molecular flexibility index (Phi) is 3.67. The van der Waals surface area contributed by atoms with E-state index in [-0.39, 0.29) is 0 Å². The standard InChI is InChI=1S/C14H15N3O/c1-3-12(17-18)14-9-13(15-10(2)16-14)11-7-5-4-6-8-11/h4-9,18H,3H2,1-2H3/b17-12+. The van der Waals surface area contributed by atoms with Gasteiger partial charge in [0, 0.05) is 5.56 Å². The van der Waals surface area contributed by atoms with Crippen molar-refractivity contribution in [1.82, 2.24) is 9.97 Å². The molecule has 0 amide bonds. The Morgan fingerprint density at radius 2 is 1.94 bits per heavy atom. The van der Waals surface area contributed by atoms with E-state index in [4.69, 9.17) is 5.21 Å². The van der Waals surface area contributed by atoms with Crippen LogP contribution in [-0.2, 0) is 0 Å². The van der Waals surface area contributed by atoms with E-state index in [9.17, 15) is 0 Å². The van der Waals surface area contributed by atoms with E-state index < -0.39 is 0 Å².